The zero-order valence-corrected chi connectivity index (χ0v) is 18.5. The first-order valence-electron chi connectivity index (χ1n) is 9.68. The number of anilines is 1. The lowest BCUT2D eigenvalue weighted by Gasteiger charge is -2.09. The van der Waals surface area contributed by atoms with Crippen LogP contribution in [0.3, 0.4) is 0 Å². The zero-order chi connectivity index (χ0) is 22.7. The van der Waals surface area contributed by atoms with Gasteiger partial charge in [-0.3, -0.25) is 25.2 Å². The van der Waals surface area contributed by atoms with E-state index in [1.807, 2.05) is 43.3 Å². The number of nitrogens with one attached hydrogen (secondary N) is 3. The fraction of sp³-hybridized carbons (Fsp3) is 0.0417. The molecule has 4 rings (SSSR count). The largest absolute Gasteiger partial charge is 0.322 e. The fourth-order valence-electron chi connectivity index (χ4n) is 3.10. The minimum Gasteiger partial charge on any atom is -0.322 e. The number of rotatable bonds is 4. The number of hydrogen-bond donors (Lipinski definition) is 3. The minimum atomic E-state index is -0.494. The molecule has 3 amide bonds. The smallest absolute Gasteiger partial charge is 0.281 e. The summed E-state index contributed by atoms with van der Waals surface area (Å²) < 4.78 is 0.886. The molecular formula is C24H18ClN3O3S. The summed E-state index contributed by atoms with van der Waals surface area (Å²) in [5, 5.41) is 3.93. The van der Waals surface area contributed by atoms with Gasteiger partial charge >= 0.3 is 0 Å². The monoisotopic (exact) mass is 463 g/mol. The van der Waals surface area contributed by atoms with Crippen molar-refractivity contribution in [2.24, 2.45) is 0 Å². The van der Waals surface area contributed by atoms with Crippen LogP contribution in [0.15, 0.2) is 72.8 Å². The number of amides is 3. The molecule has 0 atom stereocenters. The first-order chi connectivity index (χ1) is 15.4. The highest BCUT2D eigenvalue weighted by Gasteiger charge is 2.17. The summed E-state index contributed by atoms with van der Waals surface area (Å²) in [6.45, 7) is 1.91. The van der Waals surface area contributed by atoms with Gasteiger partial charge in [-0.05, 0) is 49.4 Å². The highest BCUT2D eigenvalue weighted by molar-refractivity contribution is 7.21. The Hall–Kier alpha value is -3.68. The maximum Gasteiger partial charge on any atom is 0.281 e. The highest BCUT2D eigenvalue weighted by atomic mass is 35.5. The maximum atomic E-state index is 12.5. The molecule has 0 radical (unpaired) electrons. The van der Waals surface area contributed by atoms with Crippen LogP contribution in [0.2, 0.25) is 5.02 Å². The number of hydrazine groups is 1. The van der Waals surface area contributed by atoms with Gasteiger partial charge in [0.05, 0.1) is 5.02 Å². The molecule has 160 valence electrons. The molecule has 0 aliphatic rings. The number of carbonyl (C=O) groups is 3. The van der Waals surface area contributed by atoms with Crippen molar-refractivity contribution in [3.05, 3.63) is 99.4 Å². The van der Waals surface area contributed by atoms with Gasteiger partial charge < -0.3 is 5.32 Å². The summed E-state index contributed by atoms with van der Waals surface area (Å²) in [4.78, 5) is 37.5. The quantitative estimate of drug-likeness (QED) is 0.364. The third-order valence-electron chi connectivity index (χ3n) is 4.72. The predicted molar refractivity (Wildman–Crippen MR) is 127 cm³/mol. The molecule has 3 N–H and O–H groups in total. The van der Waals surface area contributed by atoms with Gasteiger partial charge in [0.15, 0.2) is 0 Å². The molecule has 0 aliphatic heterocycles. The standard InChI is InChI=1S/C24H18ClN3O3S/c1-14-5-4-6-16(13-14)22(29)26-17-11-9-15(10-12-17)23(30)27-28-24(31)21-20(25)18-7-2-3-8-19(18)32-21/h2-13H,1H3,(H,26,29)(H,27,30)(H,28,31). The van der Waals surface area contributed by atoms with Crippen LogP contribution in [0.5, 0.6) is 0 Å². The fourth-order valence-corrected chi connectivity index (χ4v) is 4.51. The third-order valence-corrected chi connectivity index (χ3v) is 6.39. The number of halogens is 1. The molecule has 1 aromatic heterocycles. The Bertz CT molecular complexity index is 1330. The van der Waals surface area contributed by atoms with Crippen molar-refractivity contribution in [1.29, 1.82) is 0 Å². The molecule has 0 spiro atoms. The molecule has 1 heterocycles. The van der Waals surface area contributed by atoms with E-state index in [0.717, 1.165) is 15.6 Å². The van der Waals surface area contributed by atoms with E-state index in [0.29, 0.717) is 26.7 Å². The molecule has 32 heavy (non-hydrogen) atoms. The van der Waals surface area contributed by atoms with E-state index in [1.54, 1.807) is 36.4 Å². The average molecular weight is 464 g/mol. The predicted octanol–water partition coefficient (Wildman–Crippen LogP) is 5.19. The van der Waals surface area contributed by atoms with Crippen LogP contribution < -0.4 is 16.2 Å². The molecule has 3 aromatic carbocycles. The van der Waals surface area contributed by atoms with Gasteiger partial charge in [-0.2, -0.15) is 0 Å². The summed E-state index contributed by atoms with van der Waals surface area (Å²) in [7, 11) is 0. The Kier molecular flexibility index (Phi) is 6.20. The zero-order valence-electron chi connectivity index (χ0n) is 16.9. The summed E-state index contributed by atoms with van der Waals surface area (Å²) in [6, 6.07) is 21.0. The van der Waals surface area contributed by atoms with Crippen molar-refractivity contribution in [3.63, 3.8) is 0 Å². The minimum absolute atomic E-state index is 0.238. The lowest BCUT2D eigenvalue weighted by molar-refractivity contribution is 0.0849. The lowest BCUT2D eigenvalue weighted by Crippen LogP contribution is -2.41. The normalized spacial score (nSPS) is 10.6. The van der Waals surface area contributed by atoms with Crippen LogP contribution in [0.25, 0.3) is 10.1 Å². The van der Waals surface area contributed by atoms with Crippen LogP contribution in [0, 0.1) is 6.92 Å². The summed E-state index contributed by atoms with van der Waals surface area (Å²) in [5.74, 6) is -1.22. The lowest BCUT2D eigenvalue weighted by atomic mass is 10.1. The molecule has 8 heteroatoms. The number of benzene rings is 3. The van der Waals surface area contributed by atoms with Gasteiger partial charge in [-0.15, -0.1) is 11.3 Å². The average Bonchev–Trinajstić information content (AvgIpc) is 3.14. The van der Waals surface area contributed by atoms with E-state index in [9.17, 15) is 14.4 Å². The van der Waals surface area contributed by atoms with Gasteiger partial charge in [0, 0.05) is 26.9 Å². The van der Waals surface area contributed by atoms with Crippen molar-refractivity contribution in [2.45, 2.75) is 6.92 Å². The van der Waals surface area contributed by atoms with E-state index in [2.05, 4.69) is 16.2 Å². The van der Waals surface area contributed by atoms with E-state index in [1.165, 1.54) is 11.3 Å². The number of fused-ring (bicyclic) bond motifs is 1. The summed E-state index contributed by atoms with van der Waals surface area (Å²) in [6.07, 6.45) is 0. The van der Waals surface area contributed by atoms with Crippen molar-refractivity contribution in [1.82, 2.24) is 10.9 Å². The summed E-state index contributed by atoms with van der Waals surface area (Å²) >= 11 is 7.55. The van der Waals surface area contributed by atoms with Crippen LogP contribution in [0.1, 0.15) is 36.0 Å². The van der Waals surface area contributed by atoms with E-state index in [-0.39, 0.29) is 5.91 Å². The topological polar surface area (TPSA) is 87.3 Å². The first kappa shape index (κ1) is 21.5. The molecule has 0 saturated carbocycles. The third kappa shape index (κ3) is 4.64. The number of thiophene rings is 1. The van der Waals surface area contributed by atoms with Crippen LogP contribution in [-0.4, -0.2) is 17.7 Å². The number of carbonyl (C=O) groups excluding carboxylic acids is 3. The van der Waals surface area contributed by atoms with E-state index >= 15 is 0 Å². The van der Waals surface area contributed by atoms with Crippen molar-refractivity contribution in [2.75, 3.05) is 5.32 Å². The second-order valence-electron chi connectivity index (χ2n) is 7.05. The van der Waals surface area contributed by atoms with E-state index < -0.39 is 11.8 Å². The molecular weight excluding hydrogens is 446 g/mol. The van der Waals surface area contributed by atoms with Crippen molar-refractivity contribution in [3.8, 4) is 0 Å². The number of hydrogen-bond acceptors (Lipinski definition) is 4. The Labute approximate surface area is 193 Å². The van der Waals surface area contributed by atoms with Gasteiger partial charge in [0.2, 0.25) is 0 Å². The van der Waals surface area contributed by atoms with Gasteiger partial charge in [-0.25, -0.2) is 0 Å². The number of aryl methyl sites for hydroxylation is 1. The SMILES string of the molecule is Cc1cccc(C(=O)Nc2ccc(C(=O)NNC(=O)c3sc4ccccc4c3Cl)cc2)c1. The second-order valence-corrected chi connectivity index (χ2v) is 8.48. The highest BCUT2D eigenvalue weighted by Crippen LogP contribution is 2.34. The van der Waals surface area contributed by atoms with Crippen molar-refractivity contribution >= 4 is 56.4 Å². The Morgan fingerprint density at radius 1 is 0.781 bits per heavy atom. The van der Waals surface area contributed by atoms with Gasteiger partial charge in [0.25, 0.3) is 17.7 Å². The second kappa shape index (κ2) is 9.21. The van der Waals surface area contributed by atoms with Gasteiger partial charge in [-0.1, -0.05) is 47.5 Å². The maximum absolute atomic E-state index is 12.5. The Balaban J connectivity index is 1.37. The van der Waals surface area contributed by atoms with Gasteiger partial charge in [0.1, 0.15) is 4.88 Å². The first-order valence-corrected chi connectivity index (χ1v) is 10.9. The molecule has 0 aliphatic carbocycles. The van der Waals surface area contributed by atoms with Crippen LogP contribution >= 0.6 is 22.9 Å². The molecule has 0 saturated heterocycles. The Morgan fingerprint density at radius 3 is 2.22 bits per heavy atom. The van der Waals surface area contributed by atoms with Crippen molar-refractivity contribution < 1.29 is 14.4 Å². The molecule has 0 bridgehead atoms. The molecule has 4 aromatic rings. The molecule has 0 fully saturated rings. The van der Waals surface area contributed by atoms with Crippen LogP contribution in [0.4, 0.5) is 5.69 Å². The molecule has 0 unspecified atom stereocenters. The van der Waals surface area contributed by atoms with E-state index in [4.69, 9.17) is 11.6 Å². The van der Waals surface area contributed by atoms with Crippen LogP contribution in [-0.2, 0) is 0 Å². The molecule has 6 nitrogen and oxygen atoms in total. The summed E-state index contributed by atoms with van der Waals surface area (Å²) in [5.41, 5.74) is 7.18. The Morgan fingerprint density at radius 2 is 1.50 bits per heavy atom.